The van der Waals surface area contributed by atoms with Crippen LogP contribution in [0, 0.1) is 6.92 Å². The summed E-state index contributed by atoms with van der Waals surface area (Å²) in [7, 11) is 2.09. The van der Waals surface area contributed by atoms with Crippen molar-refractivity contribution in [1.82, 2.24) is 9.88 Å². The van der Waals surface area contributed by atoms with Gasteiger partial charge in [0.05, 0.1) is 11.2 Å². The molecule has 0 spiro atoms. The Hall–Kier alpha value is -0.940. The van der Waals surface area contributed by atoms with Crippen molar-refractivity contribution in [2.24, 2.45) is 0 Å². The lowest BCUT2D eigenvalue weighted by Crippen LogP contribution is -2.19. The van der Waals surface area contributed by atoms with Gasteiger partial charge >= 0.3 is 5.97 Å². The summed E-state index contributed by atoms with van der Waals surface area (Å²) in [5.74, 6) is -0.696. The minimum Gasteiger partial charge on any atom is -0.481 e. The van der Waals surface area contributed by atoms with Crippen LogP contribution in [-0.4, -0.2) is 34.6 Å². The van der Waals surface area contributed by atoms with Crippen LogP contribution in [0.25, 0.3) is 0 Å². The number of aryl methyl sites for hydroxylation is 1. The molecule has 4 nitrogen and oxygen atoms in total. The summed E-state index contributed by atoms with van der Waals surface area (Å²) < 4.78 is 0. The van der Waals surface area contributed by atoms with E-state index < -0.39 is 5.97 Å². The number of aliphatic carboxylic acids is 1. The molecule has 0 unspecified atom stereocenters. The van der Waals surface area contributed by atoms with Gasteiger partial charge in [0.1, 0.15) is 0 Å². The highest BCUT2D eigenvalue weighted by atomic mass is 32.1. The molecule has 1 N–H and O–H groups in total. The van der Waals surface area contributed by atoms with Gasteiger partial charge in [-0.2, -0.15) is 0 Å². The average Bonchev–Trinajstić information content (AvgIpc) is 2.63. The minimum atomic E-state index is -0.696. The van der Waals surface area contributed by atoms with Gasteiger partial charge in [0.2, 0.25) is 0 Å². The third kappa shape index (κ3) is 5.79. The van der Waals surface area contributed by atoms with E-state index in [0.29, 0.717) is 0 Å². The SMILES string of the molecule is Cc1ncsc1CN(C)CCCCCC(=O)O. The number of nitrogens with zero attached hydrogens (tertiary/aromatic N) is 2. The molecule has 0 amide bonds. The summed E-state index contributed by atoms with van der Waals surface area (Å²) in [6.45, 7) is 3.99. The van der Waals surface area contributed by atoms with Crippen LogP contribution >= 0.6 is 11.3 Å². The molecule has 0 fully saturated rings. The largest absolute Gasteiger partial charge is 0.481 e. The van der Waals surface area contributed by atoms with Crippen LogP contribution in [0.4, 0.5) is 0 Å². The molecule has 1 aromatic rings. The number of thiazole rings is 1. The van der Waals surface area contributed by atoms with E-state index in [2.05, 4.69) is 16.9 Å². The van der Waals surface area contributed by atoms with Crippen molar-refractivity contribution in [2.75, 3.05) is 13.6 Å². The van der Waals surface area contributed by atoms with E-state index in [9.17, 15) is 4.79 Å². The number of carboxylic acid groups (broad SMARTS) is 1. The molecular formula is C12H20N2O2S. The number of hydrogen-bond donors (Lipinski definition) is 1. The fraction of sp³-hybridized carbons (Fsp3) is 0.667. The Bertz CT molecular complexity index is 352. The molecule has 96 valence electrons. The predicted molar refractivity (Wildman–Crippen MR) is 69.3 cm³/mol. The zero-order valence-electron chi connectivity index (χ0n) is 10.5. The molecule has 0 bridgehead atoms. The molecule has 0 aromatic carbocycles. The first-order valence-electron chi connectivity index (χ1n) is 5.89. The molecule has 0 saturated carbocycles. The average molecular weight is 256 g/mol. The summed E-state index contributed by atoms with van der Waals surface area (Å²) in [5, 5.41) is 8.51. The molecule has 5 heteroatoms. The van der Waals surface area contributed by atoms with Crippen LogP contribution in [0.5, 0.6) is 0 Å². The summed E-state index contributed by atoms with van der Waals surface area (Å²) in [5.41, 5.74) is 3.00. The van der Waals surface area contributed by atoms with Crippen molar-refractivity contribution in [2.45, 2.75) is 39.2 Å². The lowest BCUT2D eigenvalue weighted by molar-refractivity contribution is -0.137. The van der Waals surface area contributed by atoms with Gasteiger partial charge in [-0.05, 0) is 33.4 Å². The van der Waals surface area contributed by atoms with E-state index in [1.165, 1.54) is 4.88 Å². The summed E-state index contributed by atoms with van der Waals surface area (Å²) >= 11 is 1.70. The third-order valence-electron chi connectivity index (χ3n) is 2.69. The van der Waals surface area contributed by atoms with Gasteiger partial charge in [0.15, 0.2) is 0 Å². The van der Waals surface area contributed by atoms with Gasteiger partial charge in [-0.3, -0.25) is 4.79 Å². The zero-order chi connectivity index (χ0) is 12.7. The molecule has 0 aliphatic carbocycles. The van der Waals surface area contributed by atoms with Crippen molar-refractivity contribution in [3.8, 4) is 0 Å². The number of aromatic nitrogens is 1. The highest BCUT2D eigenvalue weighted by Crippen LogP contribution is 2.14. The standard InChI is InChI=1S/C12H20N2O2S/c1-10-11(17-9-13-10)8-14(2)7-5-3-4-6-12(15)16/h9H,3-8H2,1-2H3,(H,15,16). The second-order valence-corrected chi connectivity index (χ2v) is 5.24. The van der Waals surface area contributed by atoms with Crippen LogP contribution in [0.2, 0.25) is 0 Å². The van der Waals surface area contributed by atoms with Crippen LogP contribution in [0.1, 0.15) is 36.3 Å². The molecule has 1 heterocycles. The number of hydrogen-bond acceptors (Lipinski definition) is 4. The van der Waals surface area contributed by atoms with Gasteiger partial charge < -0.3 is 10.0 Å². The van der Waals surface area contributed by atoms with Gasteiger partial charge in [0.25, 0.3) is 0 Å². The van der Waals surface area contributed by atoms with E-state index in [1.807, 2.05) is 12.4 Å². The van der Waals surface area contributed by atoms with Crippen molar-refractivity contribution in [1.29, 1.82) is 0 Å². The zero-order valence-corrected chi connectivity index (χ0v) is 11.3. The molecule has 0 atom stereocenters. The Labute approximate surface area is 106 Å². The molecule has 0 aliphatic heterocycles. The lowest BCUT2D eigenvalue weighted by atomic mass is 10.2. The Kier molecular flexibility index (Phi) is 6.15. The van der Waals surface area contributed by atoms with Gasteiger partial charge in [0, 0.05) is 17.8 Å². The fourth-order valence-corrected chi connectivity index (χ4v) is 2.49. The molecule has 0 aliphatic rings. The maximum Gasteiger partial charge on any atom is 0.303 e. The maximum absolute atomic E-state index is 10.3. The Morgan fingerprint density at radius 2 is 2.24 bits per heavy atom. The first-order chi connectivity index (χ1) is 8.09. The van der Waals surface area contributed by atoms with Crippen LogP contribution in [0.15, 0.2) is 5.51 Å². The second-order valence-electron chi connectivity index (χ2n) is 4.30. The molecule has 1 aromatic heterocycles. The van der Waals surface area contributed by atoms with Crippen molar-refractivity contribution in [3.63, 3.8) is 0 Å². The summed E-state index contributed by atoms with van der Waals surface area (Å²) in [6.07, 6.45) is 3.11. The fourth-order valence-electron chi connectivity index (χ4n) is 1.64. The Morgan fingerprint density at radius 3 is 2.82 bits per heavy atom. The molecule has 0 saturated heterocycles. The first-order valence-corrected chi connectivity index (χ1v) is 6.77. The van der Waals surface area contributed by atoms with E-state index in [-0.39, 0.29) is 6.42 Å². The molecule has 1 rings (SSSR count). The van der Waals surface area contributed by atoms with Crippen LogP contribution < -0.4 is 0 Å². The van der Waals surface area contributed by atoms with Crippen LogP contribution in [0.3, 0.4) is 0 Å². The van der Waals surface area contributed by atoms with Gasteiger partial charge in [-0.15, -0.1) is 11.3 Å². The Morgan fingerprint density at radius 1 is 1.47 bits per heavy atom. The molecule has 0 radical (unpaired) electrons. The minimum absolute atomic E-state index is 0.289. The maximum atomic E-state index is 10.3. The normalized spacial score (nSPS) is 11.0. The van der Waals surface area contributed by atoms with E-state index in [4.69, 9.17) is 5.11 Å². The Balaban J connectivity index is 2.11. The van der Waals surface area contributed by atoms with Crippen molar-refractivity contribution >= 4 is 17.3 Å². The highest BCUT2D eigenvalue weighted by Gasteiger charge is 2.05. The third-order valence-corrected chi connectivity index (χ3v) is 3.61. The molecular weight excluding hydrogens is 236 g/mol. The van der Waals surface area contributed by atoms with Gasteiger partial charge in [-0.25, -0.2) is 4.98 Å². The van der Waals surface area contributed by atoms with E-state index in [0.717, 1.165) is 38.0 Å². The number of rotatable bonds is 8. The first kappa shape index (κ1) is 14.1. The second kappa shape index (κ2) is 7.40. The van der Waals surface area contributed by atoms with Crippen LogP contribution in [-0.2, 0) is 11.3 Å². The highest BCUT2D eigenvalue weighted by molar-refractivity contribution is 7.09. The molecule has 17 heavy (non-hydrogen) atoms. The van der Waals surface area contributed by atoms with E-state index in [1.54, 1.807) is 11.3 Å². The summed E-state index contributed by atoms with van der Waals surface area (Å²) in [6, 6.07) is 0. The number of unbranched alkanes of at least 4 members (excludes halogenated alkanes) is 2. The van der Waals surface area contributed by atoms with Crippen molar-refractivity contribution in [3.05, 3.63) is 16.1 Å². The lowest BCUT2D eigenvalue weighted by Gasteiger charge is -2.15. The topological polar surface area (TPSA) is 53.4 Å². The number of carbonyl (C=O) groups is 1. The van der Waals surface area contributed by atoms with E-state index >= 15 is 0 Å². The smallest absolute Gasteiger partial charge is 0.303 e. The monoisotopic (exact) mass is 256 g/mol. The summed E-state index contributed by atoms with van der Waals surface area (Å²) in [4.78, 5) is 18.1. The number of carboxylic acids is 1. The van der Waals surface area contributed by atoms with Gasteiger partial charge in [-0.1, -0.05) is 6.42 Å². The van der Waals surface area contributed by atoms with Crippen molar-refractivity contribution < 1.29 is 9.90 Å². The quantitative estimate of drug-likeness (QED) is 0.726. The predicted octanol–water partition coefficient (Wildman–Crippen LogP) is 2.53.